The molecule has 0 aliphatic rings. The van der Waals surface area contributed by atoms with Crippen LogP contribution in [-0.2, 0) is 13.1 Å². The van der Waals surface area contributed by atoms with Gasteiger partial charge in [0.15, 0.2) is 0 Å². The van der Waals surface area contributed by atoms with E-state index < -0.39 is 0 Å². The molecule has 0 fully saturated rings. The molecule has 2 aromatic carbocycles. The quantitative estimate of drug-likeness (QED) is 0.766. The summed E-state index contributed by atoms with van der Waals surface area (Å²) < 4.78 is 1.12. The molecule has 0 atom stereocenters. The van der Waals surface area contributed by atoms with Crippen molar-refractivity contribution in [1.29, 1.82) is 0 Å². The molecule has 0 spiro atoms. The molecule has 0 bridgehead atoms. The lowest BCUT2D eigenvalue weighted by Crippen LogP contribution is -2.22. The number of rotatable bonds is 7. The first-order valence-corrected chi connectivity index (χ1v) is 8.30. The lowest BCUT2D eigenvalue weighted by Gasteiger charge is -2.18. The van der Waals surface area contributed by atoms with Gasteiger partial charge in [0.05, 0.1) is 0 Å². The zero-order chi connectivity index (χ0) is 15.1. The van der Waals surface area contributed by atoms with Crippen molar-refractivity contribution in [2.75, 3.05) is 18.4 Å². The van der Waals surface area contributed by atoms with E-state index in [0.717, 1.165) is 30.7 Å². The van der Waals surface area contributed by atoms with E-state index >= 15 is 0 Å². The molecule has 0 unspecified atom stereocenters. The van der Waals surface area contributed by atoms with Crippen LogP contribution in [0.4, 0.5) is 5.69 Å². The standard InChI is InChI=1S/C18H23BrN2/c1-3-21(4-2)14-16-8-6-10-18(12-16)20-13-15-7-5-9-17(19)11-15/h5-12,20H,3-4,13-14H2,1-2H3. The van der Waals surface area contributed by atoms with Crippen molar-refractivity contribution in [1.82, 2.24) is 4.90 Å². The second-order valence-electron chi connectivity index (χ2n) is 5.15. The molecule has 2 aromatic rings. The summed E-state index contributed by atoms with van der Waals surface area (Å²) in [7, 11) is 0. The zero-order valence-corrected chi connectivity index (χ0v) is 14.4. The number of hydrogen-bond acceptors (Lipinski definition) is 2. The van der Waals surface area contributed by atoms with Gasteiger partial charge < -0.3 is 5.32 Å². The number of nitrogens with zero attached hydrogens (tertiary/aromatic N) is 1. The van der Waals surface area contributed by atoms with E-state index in [2.05, 4.69) is 82.5 Å². The highest BCUT2D eigenvalue weighted by Crippen LogP contribution is 2.16. The number of halogens is 1. The Kier molecular flexibility index (Phi) is 6.27. The summed E-state index contributed by atoms with van der Waals surface area (Å²) in [6.07, 6.45) is 0. The maximum Gasteiger partial charge on any atom is 0.0401 e. The van der Waals surface area contributed by atoms with Gasteiger partial charge in [-0.2, -0.15) is 0 Å². The second-order valence-corrected chi connectivity index (χ2v) is 6.06. The van der Waals surface area contributed by atoms with Crippen LogP contribution in [0.2, 0.25) is 0 Å². The fourth-order valence-corrected chi connectivity index (χ4v) is 2.78. The molecule has 2 nitrogen and oxygen atoms in total. The third kappa shape index (κ3) is 5.18. The average molecular weight is 347 g/mol. The van der Waals surface area contributed by atoms with Gasteiger partial charge >= 0.3 is 0 Å². The van der Waals surface area contributed by atoms with Gasteiger partial charge in [-0.15, -0.1) is 0 Å². The van der Waals surface area contributed by atoms with Crippen molar-refractivity contribution >= 4 is 21.6 Å². The van der Waals surface area contributed by atoms with Gasteiger partial charge in [-0.25, -0.2) is 0 Å². The van der Waals surface area contributed by atoms with Crippen LogP contribution >= 0.6 is 15.9 Å². The molecule has 0 heterocycles. The number of nitrogens with one attached hydrogen (secondary N) is 1. The van der Waals surface area contributed by atoms with Crippen LogP contribution in [0.15, 0.2) is 53.0 Å². The third-order valence-corrected chi connectivity index (χ3v) is 4.11. The molecule has 112 valence electrons. The number of hydrogen-bond donors (Lipinski definition) is 1. The van der Waals surface area contributed by atoms with Gasteiger partial charge in [0.2, 0.25) is 0 Å². The lowest BCUT2D eigenvalue weighted by molar-refractivity contribution is 0.296. The first-order valence-electron chi connectivity index (χ1n) is 7.51. The van der Waals surface area contributed by atoms with Crippen LogP contribution in [0.1, 0.15) is 25.0 Å². The molecule has 3 heteroatoms. The van der Waals surface area contributed by atoms with E-state index in [-0.39, 0.29) is 0 Å². The highest BCUT2D eigenvalue weighted by molar-refractivity contribution is 9.10. The molecule has 0 aliphatic heterocycles. The van der Waals surface area contributed by atoms with Crippen molar-refractivity contribution in [3.8, 4) is 0 Å². The van der Waals surface area contributed by atoms with Crippen LogP contribution in [0.3, 0.4) is 0 Å². The summed E-state index contributed by atoms with van der Waals surface area (Å²) in [6, 6.07) is 17.1. The van der Waals surface area contributed by atoms with E-state index in [4.69, 9.17) is 0 Å². The summed E-state index contributed by atoms with van der Waals surface area (Å²) in [5, 5.41) is 3.50. The molecule has 2 rings (SSSR count). The molecule has 1 N–H and O–H groups in total. The van der Waals surface area contributed by atoms with E-state index in [1.807, 2.05) is 6.07 Å². The minimum Gasteiger partial charge on any atom is -0.381 e. The van der Waals surface area contributed by atoms with E-state index in [9.17, 15) is 0 Å². The van der Waals surface area contributed by atoms with Crippen LogP contribution < -0.4 is 5.32 Å². The highest BCUT2D eigenvalue weighted by atomic mass is 79.9. The Morgan fingerprint density at radius 2 is 1.67 bits per heavy atom. The predicted octanol–water partition coefficient (Wildman–Crippen LogP) is 4.90. The highest BCUT2D eigenvalue weighted by Gasteiger charge is 2.02. The molecule has 0 radical (unpaired) electrons. The topological polar surface area (TPSA) is 15.3 Å². The molecular formula is C18H23BrN2. The SMILES string of the molecule is CCN(CC)Cc1cccc(NCc2cccc(Br)c2)c1. The Bertz CT molecular complexity index is 565. The van der Waals surface area contributed by atoms with Crippen molar-refractivity contribution in [2.45, 2.75) is 26.9 Å². The number of anilines is 1. The molecule has 0 saturated carbocycles. The maximum atomic E-state index is 3.51. The fraction of sp³-hybridized carbons (Fsp3) is 0.333. The van der Waals surface area contributed by atoms with Gasteiger partial charge in [0, 0.05) is 23.2 Å². The van der Waals surface area contributed by atoms with Crippen LogP contribution in [0, 0.1) is 0 Å². The van der Waals surface area contributed by atoms with Crippen LogP contribution in [0.25, 0.3) is 0 Å². The van der Waals surface area contributed by atoms with Crippen LogP contribution in [0.5, 0.6) is 0 Å². The summed E-state index contributed by atoms with van der Waals surface area (Å²) in [6.45, 7) is 8.45. The fourth-order valence-electron chi connectivity index (χ4n) is 2.34. The predicted molar refractivity (Wildman–Crippen MR) is 94.5 cm³/mol. The maximum absolute atomic E-state index is 3.51. The molecule has 21 heavy (non-hydrogen) atoms. The average Bonchev–Trinajstić information content (AvgIpc) is 2.51. The second kappa shape index (κ2) is 8.20. The largest absolute Gasteiger partial charge is 0.381 e. The van der Waals surface area contributed by atoms with E-state index in [0.29, 0.717) is 0 Å². The molecule has 0 aliphatic carbocycles. The monoisotopic (exact) mass is 346 g/mol. The third-order valence-electron chi connectivity index (χ3n) is 3.61. The van der Waals surface area contributed by atoms with Gasteiger partial charge in [-0.3, -0.25) is 4.90 Å². The summed E-state index contributed by atoms with van der Waals surface area (Å²) in [5.74, 6) is 0. The van der Waals surface area contributed by atoms with E-state index in [1.54, 1.807) is 0 Å². The van der Waals surface area contributed by atoms with Gasteiger partial charge in [-0.1, -0.05) is 54.0 Å². The minimum absolute atomic E-state index is 0.841. The summed E-state index contributed by atoms with van der Waals surface area (Å²) >= 11 is 3.51. The Hall–Kier alpha value is -1.32. The minimum atomic E-state index is 0.841. The molecule has 0 saturated heterocycles. The Morgan fingerprint density at radius 3 is 2.38 bits per heavy atom. The van der Waals surface area contributed by atoms with Crippen molar-refractivity contribution in [3.05, 3.63) is 64.1 Å². The normalized spacial score (nSPS) is 10.9. The molecule has 0 amide bonds. The first kappa shape index (κ1) is 16.1. The first-order chi connectivity index (χ1) is 10.2. The van der Waals surface area contributed by atoms with Crippen LogP contribution in [-0.4, -0.2) is 18.0 Å². The van der Waals surface area contributed by atoms with Gasteiger partial charge in [-0.05, 0) is 48.5 Å². The zero-order valence-electron chi connectivity index (χ0n) is 12.8. The molecule has 0 aromatic heterocycles. The summed E-state index contributed by atoms with van der Waals surface area (Å²) in [4.78, 5) is 2.42. The number of benzene rings is 2. The van der Waals surface area contributed by atoms with E-state index in [1.165, 1.54) is 16.8 Å². The van der Waals surface area contributed by atoms with Gasteiger partial charge in [0.25, 0.3) is 0 Å². The van der Waals surface area contributed by atoms with Gasteiger partial charge in [0.1, 0.15) is 0 Å². The lowest BCUT2D eigenvalue weighted by atomic mass is 10.1. The van der Waals surface area contributed by atoms with Crippen molar-refractivity contribution in [2.24, 2.45) is 0 Å². The summed E-state index contributed by atoms with van der Waals surface area (Å²) in [5.41, 5.74) is 3.82. The van der Waals surface area contributed by atoms with Crippen molar-refractivity contribution in [3.63, 3.8) is 0 Å². The van der Waals surface area contributed by atoms with Crippen molar-refractivity contribution < 1.29 is 0 Å². The Labute approximate surface area is 136 Å². The smallest absolute Gasteiger partial charge is 0.0401 e. The Morgan fingerprint density at radius 1 is 0.952 bits per heavy atom. The molecular weight excluding hydrogens is 324 g/mol. The Balaban J connectivity index is 1.97.